The molecule has 1 aliphatic heterocycles. The number of nitrogens with zero attached hydrogens (tertiary/aromatic N) is 1. The van der Waals surface area contributed by atoms with Crippen LogP contribution in [0.3, 0.4) is 0 Å². The van der Waals surface area contributed by atoms with E-state index in [1.165, 1.54) is 4.90 Å². The normalized spacial score (nSPS) is 21.8. The molecule has 1 saturated carbocycles. The number of carbonyl (C=O) groups excluding carboxylic acids is 2. The minimum absolute atomic E-state index is 0.00209. The molecule has 1 aliphatic carbocycles. The van der Waals surface area contributed by atoms with E-state index in [2.05, 4.69) is 0 Å². The third kappa shape index (κ3) is 2.67. The van der Waals surface area contributed by atoms with E-state index in [0.717, 1.165) is 44.1 Å². The van der Waals surface area contributed by atoms with Gasteiger partial charge in [0.05, 0.1) is 12.0 Å². The van der Waals surface area contributed by atoms with E-state index in [-0.39, 0.29) is 24.1 Å². The van der Waals surface area contributed by atoms with Gasteiger partial charge in [-0.3, -0.25) is 14.5 Å². The highest BCUT2D eigenvalue weighted by molar-refractivity contribution is 6.05. The van der Waals surface area contributed by atoms with Gasteiger partial charge in [-0.2, -0.15) is 0 Å². The van der Waals surface area contributed by atoms with Crippen LogP contribution in [0.15, 0.2) is 24.3 Å². The second-order valence-electron chi connectivity index (χ2n) is 6.33. The lowest BCUT2D eigenvalue weighted by atomic mass is 9.79. The second-order valence-corrected chi connectivity index (χ2v) is 6.33. The number of hydrogen-bond acceptors (Lipinski definition) is 3. The molecule has 0 radical (unpaired) electrons. The summed E-state index contributed by atoms with van der Waals surface area (Å²) in [6.45, 7) is 0.272. The fourth-order valence-electron chi connectivity index (χ4n) is 3.65. The summed E-state index contributed by atoms with van der Waals surface area (Å²) in [6.07, 6.45) is 6.45. The summed E-state index contributed by atoms with van der Waals surface area (Å²) in [7, 11) is 0. The highest BCUT2D eigenvalue weighted by Crippen LogP contribution is 2.44. The van der Waals surface area contributed by atoms with Gasteiger partial charge in [-0.1, -0.05) is 37.8 Å². The van der Waals surface area contributed by atoms with Crippen molar-refractivity contribution in [1.29, 1.82) is 0 Å². The highest BCUT2D eigenvalue weighted by Gasteiger charge is 2.50. The molecule has 3 rings (SSSR count). The Labute approximate surface area is 124 Å². The molecule has 2 amide bonds. The standard InChI is InChI=1S/C17H21NO3/c19-14-7-5-6-13(10-14)12-18-15(20)11-17(16(18)21)8-3-1-2-4-9-17/h5-7,10,19H,1-4,8-9,11-12H2. The summed E-state index contributed by atoms with van der Waals surface area (Å²) >= 11 is 0. The zero-order valence-corrected chi connectivity index (χ0v) is 12.2. The zero-order chi connectivity index (χ0) is 14.9. The molecule has 1 spiro atoms. The molecule has 4 heteroatoms. The molecule has 1 heterocycles. The van der Waals surface area contributed by atoms with Crippen LogP contribution in [-0.2, 0) is 16.1 Å². The highest BCUT2D eigenvalue weighted by atomic mass is 16.3. The average molecular weight is 287 g/mol. The van der Waals surface area contributed by atoms with Gasteiger partial charge in [-0.15, -0.1) is 0 Å². The Hall–Kier alpha value is -1.84. The minimum Gasteiger partial charge on any atom is -0.508 e. The first-order valence-electron chi connectivity index (χ1n) is 7.73. The lowest BCUT2D eigenvalue weighted by molar-refractivity contribution is -0.142. The van der Waals surface area contributed by atoms with Crippen molar-refractivity contribution in [3.63, 3.8) is 0 Å². The number of phenols is 1. The number of hydrogen-bond donors (Lipinski definition) is 1. The molecular formula is C17H21NO3. The van der Waals surface area contributed by atoms with E-state index < -0.39 is 5.41 Å². The minimum atomic E-state index is -0.440. The number of phenolic OH excluding ortho intramolecular Hbond substituents is 1. The van der Waals surface area contributed by atoms with Gasteiger partial charge >= 0.3 is 0 Å². The van der Waals surface area contributed by atoms with Crippen LogP contribution in [0.2, 0.25) is 0 Å². The van der Waals surface area contributed by atoms with Gasteiger partial charge in [-0.25, -0.2) is 0 Å². The van der Waals surface area contributed by atoms with Crippen molar-refractivity contribution >= 4 is 11.8 Å². The SMILES string of the molecule is O=C1CC2(CCCCCC2)C(=O)N1Cc1cccc(O)c1. The van der Waals surface area contributed by atoms with Crippen molar-refractivity contribution in [2.75, 3.05) is 0 Å². The third-order valence-corrected chi connectivity index (χ3v) is 4.80. The zero-order valence-electron chi connectivity index (χ0n) is 12.2. The predicted octanol–water partition coefficient (Wildman–Crippen LogP) is 2.99. The first kappa shape index (κ1) is 14.1. The summed E-state index contributed by atoms with van der Waals surface area (Å²) < 4.78 is 0. The van der Waals surface area contributed by atoms with Crippen LogP contribution in [0.1, 0.15) is 50.5 Å². The maximum atomic E-state index is 12.8. The number of aromatic hydroxyl groups is 1. The van der Waals surface area contributed by atoms with Gasteiger partial charge in [0, 0.05) is 6.42 Å². The van der Waals surface area contributed by atoms with Crippen molar-refractivity contribution < 1.29 is 14.7 Å². The summed E-state index contributed by atoms with van der Waals surface area (Å²) in [5.41, 5.74) is 0.354. The number of benzene rings is 1. The average Bonchev–Trinajstić information content (AvgIpc) is 2.63. The van der Waals surface area contributed by atoms with Crippen LogP contribution in [0.25, 0.3) is 0 Å². The number of rotatable bonds is 2. The molecule has 21 heavy (non-hydrogen) atoms. The van der Waals surface area contributed by atoms with Gasteiger partial charge in [0.1, 0.15) is 5.75 Å². The molecule has 0 unspecified atom stereocenters. The van der Waals surface area contributed by atoms with Crippen molar-refractivity contribution in [3.8, 4) is 5.75 Å². The van der Waals surface area contributed by atoms with Crippen LogP contribution in [-0.4, -0.2) is 21.8 Å². The Bertz CT molecular complexity index is 559. The lowest BCUT2D eigenvalue weighted by Gasteiger charge is -2.25. The predicted molar refractivity (Wildman–Crippen MR) is 78.4 cm³/mol. The van der Waals surface area contributed by atoms with Crippen LogP contribution < -0.4 is 0 Å². The molecule has 1 aromatic rings. The van der Waals surface area contributed by atoms with E-state index >= 15 is 0 Å². The van der Waals surface area contributed by atoms with Crippen molar-refractivity contribution in [1.82, 2.24) is 4.90 Å². The monoisotopic (exact) mass is 287 g/mol. The molecule has 0 aromatic heterocycles. The Kier molecular flexibility index (Phi) is 3.70. The van der Waals surface area contributed by atoms with E-state index in [1.54, 1.807) is 18.2 Å². The third-order valence-electron chi connectivity index (χ3n) is 4.80. The largest absolute Gasteiger partial charge is 0.508 e. The Morgan fingerprint density at radius 2 is 1.81 bits per heavy atom. The molecule has 1 N–H and O–H groups in total. The van der Waals surface area contributed by atoms with Crippen molar-refractivity contribution in [2.45, 2.75) is 51.5 Å². The summed E-state index contributed by atoms with van der Waals surface area (Å²) in [5.74, 6) is 0.0961. The molecule has 112 valence electrons. The molecule has 0 atom stereocenters. The van der Waals surface area contributed by atoms with Gasteiger partial charge < -0.3 is 5.11 Å². The van der Waals surface area contributed by atoms with E-state index in [9.17, 15) is 14.7 Å². The van der Waals surface area contributed by atoms with Crippen LogP contribution >= 0.6 is 0 Å². The maximum absolute atomic E-state index is 12.8. The smallest absolute Gasteiger partial charge is 0.236 e. The summed E-state index contributed by atoms with van der Waals surface area (Å²) in [4.78, 5) is 26.5. The first-order valence-corrected chi connectivity index (χ1v) is 7.73. The number of amides is 2. The van der Waals surface area contributed by atoms with E-state index in [1.807, 2.05) is 6.07 Å². The number of carbonyl (C=O) groups is 2. The van der Waals surface area contributed by atoms with Crippen LogP contribution in [0.5, 0.6) is 5.75 Å². The Morgan fingerprint density at radius 3 is 2.48 bits per heavy atom. The fourth-order valence-corrected chi connectivity index (χ4v) is 3.65. The van der Waals surface area contributed by atoms with Crippen molar-refractivity contribution in [3.05, 3.63) is 29.8 Å². The van der Waals surface area contributed by atoms with E-state index in [4.69, 9.17) is 0 Å². The molecular weight excluding hydrogens is 266 g/mol. The van der Waals surface area contributed by atoms with Gasteiger partial charge in [0.25, 0.3) is 0 Å². The second kappa shape index (κ2) is 5.51. The molecule has 1 saturated heterocycles. The number of likely N-dealkylation sites (tertiary alicyclic amines) is 1. The Balaban J connectivity index is 1.80. The molecule has 0 bridgehead atoms. The molecule has 4 nitrogen and oxygen atoms in total. The molecule has 2 fully saturated rings. The van der Waals surface area contributed by atoms with Crippen LogP contribution in [0, 0.1) is 5.41 Å². The number of imide groups is 1. The van der Waals surface area contributed by atoms with Gasteiger partial charge in [-0.05, 0) is 30.5 Å². The van der Waals surface area contributed by atoms with Gasteiger partial charge in [0.15, 0.2) is 0 Å². The summed E-state index contributed by atoms with van der Waals surface area (Å²) in [5, 5.41) is 9.51. The fraction of sp³-hybridized carbons (Fsp3) is 0.529. The maximum Gasteiger partial charge on any atom is 0.236 e. The lowest BCUT2D eigenvalue weighted by Crippen LogP contribution is -2.35. The van der Waals surface area contributed by atoms with E-state index in [0.29, 0.717) is 6.42 Å². The molecule has 2 aliphatic rings. The molecule has 1 aromatic carbocycles. The van der Waals surface area contributed by atoms with Crippen molar-refractivity contribution in [2.24, 2.45) is 5.41 Å². The quantitative estimate of drug-likeness (QED) is 0.851. The van der Waals surface area contributed by atoms with Crippen LogP contribution in [0.4, 0.5) is 0 Å². The van der Waals surface area contributed by atoms with Gasteiger partial charge in [0.2, 0.25) is 11.8 Å². The topological polar surface area (TPSA) is 57.6 Å². The first-order chi connectivity index (χ1) is 10.1. The Morgan fingerprint density at radius 1 is 1.10 bits per heavy atom. The summed E-state index contributed by atoms with van der Waals surface area (Å²) in [6, 6.07) is 6.76.